The molecule has 3 rings (SSSR count). The number of hydrogen-bond acceptors (Lipinski definition) is 7. The summed E-state index contributed by atoms with van der Waals surface area (Å²) in [4.78, 5) is 35.6. The smallest absolute Gasteiger partial charge is 0.319 e. The molecule has 3 aromatic rings. The number of benzene rings is 2. The molecule has 0 bridgehead atoms. The fourth-order valence-corrected chi connectivity index (χ4v) is 3.86. The van der Waals surface area contributed by atoms with Gasteiger partial charge >= 0.3 is 6.03 Å². The Bertz CT molecular complexity index is 1140. The van der Waals surface area contributed by atoms with E-state index in [9.17, 15) is 19.7 Å². The average Bonchev–Trinajstić information content (AvgIpc) is 3.26. The Labute approximate surface area is 202 Å². The molecule has 0 radical (unpaired) electrons. The van der Waals surface area contributed by atoms with E-state index in [1.165, 1.54) is 35.6 Å². The third kappa shape index (κ3) is 6.56. The Morgan fingerprint density at radius 1 is 1.09 bits per heavy atom. The van der Waals surface area contributed by atoms with Crippen molar-refractivity contribution in [3.8, 4) is 10.6 Å². The Hall–Kier alpha value is -3.38. The molecule has 3 N–H and O–H groups in total. The molecule has 10 nitrogen and oxygen atoms in total. The topological polar surface area (TPSA) is 139 Å². The van der Waals surface area contributed by atoms with Crippen LogP contribution in [-0.2, 0) is 4.79 Å². The lowest BCUT2D eigenvalue weighted by molar-refractivity contribution is -0.384. The van der Waals surface area contributed by atoms with E-state index in [1.54, 1.807) is 0 Å². The Morgan fingerprint density at radius 3 is 2.36 bits per heavy atom. The SMILES string of the molecule is CC[C@H](C)[C@H](NC(=O)Nc1ccc([N+](=O)[O-])cc1)C(=O)Nc1nnc(-c2ccc(Br)cc2)s1. The summed E-state index contributed by atoms with van der Waals surface area (Å²) in [5, 5.41) is 27.9. The van der Waals surface area contributed by atoms with Crippen LogP contribution in [0.15, 0.2) is 53.0 Å². The van der Waals surface area contributed by atoms with E-state index < -0.39 is 22.9 Å². The second-order valence-corrected chi connectivity index (χ2v) is 9.07. The van der Waals surface area contributed by atoms with Gasteiger partial charge in [-0.25, -0.2) is 4.79 Å². The molecule has 2 aromatic carbocycles. The van der Waals surface area contributed by atoms with Crippen molar-refractivity contribution in [3.05, 3.63) is 63.1 Å². The van der Waals surface area contributed by atoms with Crippen LogP contribution in [0, 0.1) is 16.0 Å². The van der Waals surface area contributed by atoms with E-state index in [4.69, 9.17) is 0 Å². The number of halogens is 1. The normalized spacial score (nSPS) is 12.5. The first-order valence-corrected chi connectivity index (χ1v) is 11.6. The number of urea groups is 1. The monoisotopic (exact) mass is 532 g/mol. The summed E-state index contributed by atoms with van der Waals surface area (Å²) in [7, 11) is 0. The van der Waals surface area contributed by atoms with Crippen LogP contribution in [-0.4, -0.2) is 33.1 Å². The van der Waals surface area contributed by atoms with Gasteiger partial charge in [0.2, 0.25) is 11.0 Å². The van der Waals surface area contributed by atoms with Gasteiger partial charge in [0.1, 0.15) is 11.0 Å². The number of carbonyl (C=O) groups excluding carboxylic acids is 2. The number of anilines is 2. The lowest BCUT2D eigenvalue weighted by atomic mass is 9.98. The molecule has 12 heteroatoms. The minimum Gasteiger partial charge on any atom is -0.326 e. The van der Waals surface area contributed by atoms with Gasteiger partial charge in [-0.1, -0.05) is 59.7 Å². The number of nitrogens with zero attached hydrogens (tertiary/aromatic N) is 3. The Balaban J connectivity index is 1.65. The number of hydrogen-bond donors (Lipinski definition) is 3. The maximum atomic E-state index is 12.9. The third-order valence-electron chi connectivity index (χ3n) is 4.86. The van der Waals surface area contributed by atoms with Crippen molar-refractivity contribution >= 4 is 55.7 Å². The molecule has 1 heterocycles. The van der Waals surface area contributed by atoms with E-state index in [0.717, 1.165) is 10.0 Å². The van der Waals surface area contributed by atoms with Crippen LogP contribution >= 0.6 is 27.3 Å². The molecule has 0 unspecified atom stereocenters. The quantitative estimate of drug-likeness (QED) is 0.274. The maximum absolute atomic E-state index is 12.9. The van der Waals surface area contributed by atoms with Gasteiger partial charge < -0.3 is 10.6 Å². The molecule has 0 fully saturated rings. The molecule has 0 aliphatic rings. The van der Waals surface area contributed by atoms with Crippen LogP contribution in [0.25, 0.3) is 10.6 Å². The fourth-order valence-electron chi connectivity index (χ4n) is 2.84. The number of nitrogens with one attached hydrogen (secondary N) is 3. The second-order valence-electron chi connectivity index (χ2n) is 7.17. The Morgan fingerprint density at radius 2 is 1.76 bits per heavy atom. The summed E-state index contributed by atoms with van der Waals surface area (Å²) >= 11 is 4.61. The van der Waals surface area contributed by atoms with Gasteiger partial charge in [-0.2, -0.15) is 0 Å². The average molecular weight is 533 g/mol. The van der Waals surface area contributed by atoms with E-state index >= 15 is 0 Å². The van der Waals surface area contributed by atoms with Gasteiger partial charge in [-0.15, -0.1) is 10.2 Å². The molecule has 0 aliphatic carbocycles. The summed E-state index contributed by atoms with van der Waals surface area (Å²) < 4.78 is 0.943. The van der Waals surface area contributed by atoms with Crippen molar-refractivity contribution in [1.82, 2.24) is 15.5 Å². The molecule has 0 aliphatic heterocycles. The largest absolute Gasteiger partial charge is 0.326 e. The van der Waals surface area contributed by atoms with Crippen LogP contribution in [0.1, 0.15) is 20.3 Å². The second kappa shape index (κ2) is 11.0. The van der Waals surface area contributed by atoms with Crippen molar-refractivity contribution in [2.45, 2.75) is 26.3 Å². The predicted octanol–water partition coefficient (Wildman–Crippen LogP) is 5.05. The molecular formula is C21H21BrN6O4S. The standard InChI is InChI=1S/C21H21BrN6O4S/c1-3-12(2)17(24-20(30)23-15-8-10-16(11-9-15)28(31)32)18(29)25-21-27-26-19(33-21)13-4-6-14(22)7-5-13/h4-12,17H,3H2,1-2H3,(H2,23,24,30)(H,25,27,29)/t12-,17-/m0/s1. The molecular weight excluding hydrogens is 512 g/mol. The van der Waals surface area contributed by atoms with Crippen molar-refractivity contribution in [3.63, 3.8) is 0 Å². The molecule has 0 saturated carbocycles. The third-order valence-corrected chi connectivity index (χ3v) is 6.28. The van der Waals surface area contributed by atoms with E-state index in [0.29, 0.717) is 22.2 Å². The van der Waals surface area contributed by atoms with Gasteiger partial charge in [0.05, 0.1) is 4.92 Å². The van der Waals surface area contributed by atoms with Crippen molar-refractivity contribution in [2.75, 3.05) is 10.6 Å². The maximum Gasteiger partial charge on any atom is 0.319 e. The highest BCUT2D eigenvalue weighted by Crippen LogP contribution is 2.27. The molecule has 0 spiro atoms. The first-order chi connectivity index (χ1) is 15.8. The first-order valence-electron chi connectivity index (χ1n) is 9.99. The van der Waals surface area contributed by atoms with Gasteiger partial charge in [-0.3, -0.25) is 20.2 Å². The highest BCUT2D eigenvalue weighted by Gasteiger charge is 2.27. The molecule has 172 valence electrons. The minimum atomic E-state index is -0.826. The van der Waals surface area contributed by atoms with Gasteiger partial charge in [-0.05, 0) is 30.2 Å². The number of nitro groups is 1. The van der Waals surface area contributed by atoms with Crippen molar-refractivity contribution < 1.29 is 14.5 Å². The lowest BCUT2D eigenvalue weighted by Gasteiger charge is -2.23. The zero-order valence-corrected chi connectivity index (χ0v) is 20.1. The van der Waals surface area contributed by atoms with Gasteiger partial charge in [0, 0.05) is 27.9 Å². The van der Waals surface area contributed by atoms with E-state index in [-0.39, 0.29) is 11.6 Å². The molecule has 0 saturated heterocycles. The highest BCUT2D eigenvalue weighted by atomic mass is 79.9. The first kappa shape index (κ1) is 24.3. The van der Waals surface area contributed by atoms with Crippen molar-refractivity contribution in [2.24, 2.45) is 5.92 Å². The molecule has 33 heavy (non-hydrogen) atoms. The molecule has 3 amide bonds. The van der Waals surface area contributed by atoms with Crippen LogP contribution in [0.2, 0.25) is 0 Å². The lowest BCUT2D eigenvalue weighted by Crippen LogP contribution is -2.49. The van der Waals surface area contributed by atoms with E-state index in [1.807, 2.05) is 38.1 Å². The summed E-state index contributed by atoms with van der Waals surface area (Å²) in [6.45, 7) is 3.77. The summed E-state index contributed by atoms with van der Waals surface area (Å²) in [5.41, 5.74) is 1.15. The zero-order valence-electron chi connectivity index (χ0n) is 17.7. The Kier molecular flexibility index (Phi) is 8.06. The summed E-state index contributed by atoms with van der Waals surface area (Å²) in [5.74, 6) is -0.576. The number of nitro benzene ring substituents is 1. The molecule has 1 aromatic heterocycles. The van der Waals surface area contributed by atoms with Crippen LogP contribution < -0.4 is 16.0 Å². The van der Waals surface area contributed by atoms with Gasteiger partial charge in [0.25, 0.3) is 5.69 Å². The number of non-ortho nitro benzene ring substituents is 1. The summed E-state index contributed by atoms with van der Waals surface area (Å²) in [6.07, 6.45) is 0.649. The predicted molar refractivity (Wildman–Crippen MR) is 130 cm³/mol. The van der Waals surface area contributed by atoms with Crippen LogP contribution in [0.5, 0.6) is 0 Å². The number of carbonyl (C=O) groups is 2. The minimum absolute atomic E-state index is 0.0858. The summed E-state index contributed by atoms with van der Waals surface area (Å²) in [6, 6.07) is 11.5. The van der Waals surface area contributed by atoms with E-state index in [2.05, 4.69) is 42.1 Å². The number of rotatable bonds is 8. The number of aromatic nitrogens is 2. The van der Waals surface area contributed by atoms with Gasteiger partial charge in [0.15, 0.2) is 0 Å². The van der Waals surface area contributed by atoms with Crippen LogP contribution in [0.4, 0.5) is 21.3 Å². The number of amides is 3. The highest BCUT2D eigenvalue weighted by molar-refractivity contribution is 9.10. The van der Waals surface area contributed by atoms with Crippen LogP contribution in [0.3, 0.4) is 0 Å². The zero-order chi connectivity index (χ0) is 24.0. The fraction of sp³-hybridized carbons (Fsp3) is 0.238. The molecule has 2 atom stereocenters. The van der Waals surface area contributed by atoms with Crippen molar-refractivity contribution in [1.29, 1.82) is 0 Å².